The average molecular weight is 452 g/mol. The number of allylic oxidation sites excluding steroid dienone is 4. The van der Waals surface area contributed by atoms with Gasteiger partial charge in [0.05, 0.1) is 6.20 Å². The summed E-state index contributed by atoms with van der Waals surface area (Å²) >= 11 is 0. The molecule has 3 fully saturated rings. The average Bonchev–Trinajstić information content (AvgIpc) is 3.13. The molecule has 3 aliphatic rings. The zero-order valence-corrected chi connectivity index (χ0v) is 21.0. The molecule has 0 aromatic carbocycles. The van der Waals surface area contributed by atoms with Crippen LogP contribution in [0.25, 0.3) is 0 Å². The van der Waals surface area contributed by atoms with Crippen molar-refractivity contribution in [1.29, 1.82) is 0 Å². The third-order valence-electron chi connectivity index (χ3n) is 7.35. The van der Waals surface area contributed by atoms with Crippen molar-refractivity contribution < 1.29 is 4.79 Å². The van der Waals surface area contributed by atoms with E-state index in [1.807, 2.05) is 31.9 Å². The molecule has 4 heterocycles. The molecular weight excluding hydrogens is 410 g/mol. The van der Waals surface area contributed by atoms with Crippen LogP contribution < -0.4 is 4.90 Å². The van der Waals surface area contributed by atoms with Crippen molar-refractivity contribution in [3.63, 3.8) is 0 Å². The number of amides is 1. The minimum atomic E-state index is 0.0706. The van der Waals surface area contributed by atoms with Gasteiger partial charge in [-0.2, -0.15) is 0 Å². The van der Waals surface area contributed by atoms with Gasteiger partial charge in [-0.25, -0.2) is 4.98 Å². The Bertz CT molecular complexity index is 847. The van der Waals surface area contributed by atoms with E-state index in [-0.39, 0.29) is 11.3 Å². The topological polar surface area (TPSA) is 52.6 Å². The third-order valence-corrected chi connectivity index (χ3v) is 7.35. The van der Waals surface area contributed by atoms with Crippen molar-refractivity contribution in [3.8, 4) is 0 Å². The first-order valence-electron chi connectivity index (χ1n) is 12.6. The second kappa shape index (κ2) is 11.6. The highest BCUT2D eigenvalue weighted by Gasteiger charge is 2.47. The van der Waals surface area contributed by atoms with E-state index in [9.17, 15) is 4.79 Å². The maximum Gasteiger partial charge on any atom is 0.223 e. The van der Waals surface area contributed by atoms with E-state index in [4.69, 9.17) is 0 Å². The van der Waals surface area contributed by atoms with Crippen molar-refractivity contribution in [2.24, 2.45) is 5.41 Å². The predicted octanol–water partition coefficient (Wildman–Crippen LogP) is 4.82. The standard InChI is InChI=1S/C25H35N5O.C2H6/c1-4-5-6-7-23-20(2)30(21(3)31)19-25(23)10-16-28(17-11-25)22-8-14-29(15-9-22)24-18-26-12-13-27-24;1-2/h4-5,7,12-13,18,22H,2,6,8-11,14-17,19H2,1,3H3;1-2H3/b5-4-,23-7+;. The summed E-state index contributed by atoms with van der Waals surface area (Å²) in [6, 6.07) is 0.634. The second-order valence-electron chi connectivity index (χ2n) is 9.07. The molecule has 0 aliphatic carbocycles. The minimum absolute atomic E-state index is 0.0706. The molecule has 1 spiro atoms. The number of likely N-dealkylation sites (tertiary alicyclic amines) is 2. The lowest BCUT2D eigenvalue weighted by Crippen LogP contribution is -2.50. The first-order chi connectivity index (χ1) is 16.0. The van der Waals surface area contributed by atoms with E-state index < -0.39 is 0 Å². The quantitative estimate of drug-likeness (QED) is 0.614. The monoisotopic (exact) mass is 451 g/mol. The summed E-state index contributed by atoms with van der Waals surface area (Å²) in [5.74, 6) is 1.10. The maximum absolute atomic E-state index is 12.2. The molecule has 6 heteroatoms. The van der Waals surface area contributed by atoms with Gasteiger partial charge in [-0.05, 0) is 57.7 Å². The second-order valence-corrected chi connectivity index (χ2v) is 9.07. The molecule has 6 nitrogen and oxygen atoms in total. The van der Waals surface area contributed by atoms with Crippen molar-refractivity contribution >= 4 is 11.7 Å². The molecule has 0 saturated carbocycles. The summed E-state index contributed by atoms with van der Waals surface area (Å²) in [6.07, 6.45) is 17.4. The summed E-state index contributed by atoms with van der Waals surface area (Å²) in [6.45, 7) is 17.1. The van der Waals surface area contributed by atoms with E-state index in [0.717, 1.165) is 63.5 Å². The fraction of sp³-hybridized carbons (Fsp3) is 0.593. The largest absolute Gasteiger partial charge is 0.355 e. The van der Waals surface area contributed by atoms with Crippen molar-refractivity contribution in [1.82, 2.24) is 19.8 Å². The van der Waals surface area contributed by atoms with Gasteiger partial charge in [0.1, 0.15) is 5.82 Å². The summed E-state index contributed by atoms with van der Waals surface area (Å²) < 4.78 is 0. The first-order valence-corrected chi connectivity index (χ1v) is 12.6. The highest BCUT2D eigenvalue weighted by atomic mass is 16.2. The predicted molar refractivity (Wildman–Crippen MR) is 136 cm³/mol. The molecule has 3 aliphatic heterocycles. The van der Waals surface area contributed by atoms with E-state index in [0.29, 0.717) is 6.04 Å². The van der Waals surface area contributed by atoms with E-state index in [2.05, 4.69) is 44.6 Å². The van der Waals surface area contributed by atoms with Gasteiger partial charge in [-0.15, -0.1) is 0 Å². The molecule has 0 radical (unpaired) electrons. The lowest BCUT2D eigenvalue weighted by atomic mass is 9.73. The van der Waals surface area contributed by atoms with Crippen LogP contribution in [0.5, 0.6) is 0 Å². The Morgan fingerprint density at radius 1 is 1.18 bits per heavy atom. The van der Waals surface area contributed by atoms with Crippen LogP contribution in [0.4, 0.5) is 5.82 Å². The van der Waals surface area contributed by atoms with Gasteiger partial charge in [0, 0.05) is 56.1 Å². The van der Waals surface area contributed by atoms with Gasteiger partial charge in [0.15, 0.2) is 0 Å². The third kappa shape index (κ3) is 5.55. The van der Waals surface area contributed by atoms with Gasteiger partial charge >= 0.3 is 0 Å². The van der Waals surface area contributed by atoms with Crippen LogP contribution in [0.3, 0.4) is 0 Å². The van der Waals surface area contributed by atoms with Gasteiger partial charge < -0.3 is 14.7 Å². The molecule has 4 rings (SSSR count). The van der Waals surface area contributed by atoms with Crippen LogP contribution in [0.2, 0.25) is 0 Å². The zero-order chi connectivity index (χ0) is 23.8. The van der Waals surface area contributed by atoms with E-state index in [1.165, 1.54) is 18.4 Å². The molecular formula is C27H41N5O. The number of hydrogen-bond donors (Lipinski definition) is 0. The number of carbonyl (C=O) groups excluding carboxylic acids is 1. The Hall–Kier alpha value is -2.47. The molecule has 0 bridgehead atoms. The van der Waals surface area contributed by atoms with Crippen molar-refractivity contribution in [2.75, 3.05) is 37.6 Å². The highest BCUT2D eigenvalue weighted by molar-refractivity contribution is 5.78. The molecule has 1 aromatic rings. The fourth-order valence-electron chi connectivity index (χ4n) is 5.55. The van der Waals surface area contributed by atoms with Gasteiger partial charge in [0.25, 0.3) is 0 Å². The molecule has 0 unspecified atom stereocenters. The zero-order valence-electron chi connectivity index (χ0n) is 21.0. The number of hydrogen-bond acceptors (Lipinski definition) is 5. The van der Waals surface area contributed by atoms with Crippen LogP contribution >= 0.6 is 0 Å². The maximum atomic E-state index is 12.2. The van der Waals surface area contributed by atoms with Crippen LogP contribution in [0, 0.1) is 5.41 Å². The van der Waals surface area contributed by atoms with E-state index in [1.54, 1.807) is 19.3 Å². The van der Waals surface area contributed by atoms with Gasteiger partial charge in [0.2, 0.25) is 5.91 Å². The Balaban J connectivity index is 0.00000149. The lowest BCUT2D eigenvalue weighted by molar-refractivity contribution is -0.127. The van der Waals surface area contributed by atoms with Crippen molar-refractivity contribution in [2.45, 2.75) is 65.8 Å². The Kier molecular flexibility index (Phi) is 8.84. The minimum Gasteiger partial charge on any atom is -0.355 e. The van der Waals surface area contributed by atoms with Gasteiger partial charge in [-0.3, -0.25) is 9.78 Å². The molecule has 180 valence electrons. The SMILES string of the molecule is C=C1/C(=C\C/C=C\C)C2(CCN(C3CCN(c4cnccn4)CC3)CC2)CN1C(C)=O.CC. The lowest BCUT2D eigenvalue weighted by Gasteiger charge is -2.45. The van der Waals surface area contributed by atoms with Gasteiger partial charge in [-0.1, -0.05) is 38.7 Å². The van der Waals surface area contributed by atoms with E-state index >= 15 is 0 Å². The van der Waals surface area contributed by atoms with Crippen molar-refractivity contribution in [3.05, 3.63) is 54.7 Å². The number of anilines is 1. The summed E-state index contributed by atoms with van der Waals surface area (Å²) in [5, 5.41) is 0. The number of aromatic nitrogens is 2. The Labute approximate surface area is 200 Å². The normalized spacial score (nSPS) is 22.8. The number of piperidine rings is 2. The number of rotatable bonds is 4. The highest BCUT2D eigenvalue weighted by Crippen LogP contribution is 2.49. The van der Waals surface area contributed by atoms with Crippen LogP contribution in [0.15, 0.2) is 54.7 Å². The Morgan fingerprint density at radius 2 is 1.88 bits per heavy atom. The smallest absolute Gasteiger partial charge is 0.223 e. The molecule has 0 N–H and O–H groups in total. The summed E-state index contributed by atoms with van der Waals surface area (Å²) in [4.78, 5) is 27.8. The Morgan fingerprint density at radius 3 is 2.45 bits per heavy atom. The molecule has 1 aromatic heterocycles. The number of nitrogens with zero attached hydrogens (tertiary/aromatic N) is 5. The van der Waals surface area contributed by atoms with Crippen LogP contribution in [0.1, 0.15) is 59.8 Å². The molecule has 1 amide bonds. The number of carbonyl (C=O) groups is 1. The molecule has 3 saturated heterocycles. The van der Waals surface area contributed by atoms with Crippen LogP contribution in [-0.2, 0) is 4.79 Å². The molecule has 0 atom stereocenters. The summed E-state index contributed by atoms with van der Waals surface area (Å²) in [5.41, 5.74) is 2.29. The first kappa shape index (κ1) is 25.2. The fourth-order valence-corrected chi connectivity index (χ4v) is 5.55. The summed E-state index contributed by atoms with van der Waals surface area (Å²) in [7, 11) is 0. The van der Waals surface area contributed by atoms with Crippen LogP contribution in [-0.4, -0.2) is 64.4 Å². The molecule has 33 heavy (non-hydrogen) atoms.